The van der Waals surface area contributed by atoms with Crippen LogP contribution in [0.5, 0.6) is 23.0 Å². The van der Waals surface area contributed by atoms with E-state index in [0.29, 0.717) is 67.7 Å². The van der Waals surface area contributed by atoms with Gasteiger partial charge in [0.05, 0.1) is 32.6 Å². The van der Waals surface area contributed by atoms with E-state index in [-0.39, 0.29) is 81.4 Å². The maximum absolute atomic E-state index is 11.8. The van der Waals surface area contributed by atoms with E-state index in [4.69, 9.17) is 42.1 Å². The average molecular weight is 981 g/mol. The van der Waals surface area contributed by atoms with Crippen LogP contribution in [0.2, 0.25) is 10.0 Å². The van der Waals surface area contributed by atoms with Gasteiger partial charge in [0.15, 0.2) is 0 Å². The number of aliphatic hydroxyl groups excluding tert-OH is 2. The maximum atomic E-state index is 11.8. The van der Waals surface area contributed by atoms with Crippen molar-refractivity contribution in [2.45, 2.75) is 78.3 Å². The van der Waals surface area contributed by atoms with Crippen LogP contribution in [-0.4, -0.2) is 82.6 Å². The van der Waals surface area contributed by atoms with Gasteiger partial charge < -0.3 is 50.0 Å². The Morgan fingerprint density at radius 1 is 0.681 bits per heavy atom. The lowest BCUT2D eigenvalue weighted by atomic mass is 10.1. The molecule has 6 N–H and O–H groups in total. The Labute approximate surface area is 406 Å². The first-order valence-electron chi connectivity index (χ1n) is 21.3. The molecule has 2 atom stereocenters. The van der Waals surface area contributed by atoms with Gasteiger partial charge in [-0.1, -0.05) is 40.5 Å². The monoisotopic (exact) mass is 979 g/mol. The van der Waals surface area contributed by atoms with Gasteiger partial charge in [0.2, 0.25) is 0 Å². The van der Waals surface area contributed by atoms with E-state index in [2.05, 4.69) is 37.0 Å². The molecule has 19 nitrogen and oxygen atoms in total. The molecule has 0 aliphatic heterocycles. The largest absolute Gasteiger partial charge is 0.488 e. The summed E-state index contributed by atoms with van der Waals surface area (Å²) >= 11 is 13.5. The average Bonchev–Trinajstić information content (AvgIpc) is 3.71. The Hall–Kier alpha value is -7.36. The molecule has 3 heterocycles. The Kier molecular flexibility index (Phi) is 18.2. The Morgan fingerprint density at radius 3 is 1.65 bits per heavy atom. The first kappa shape index (κ1) is 51.0. The zero-order chi connectivity index (χ0) is 49.5. The van der Waals surface area contributed by atoms with Crippen LogP contribution in [0, 0.1) is 36.5 Å². The van der Waals surface area contributed by atoms with Crippen LogP contribution in [0.4, 0.5) is 0 Å². The standard InChI is InChI=1S/C48H47Cl2N9O10/c1-28-34(26-68-45-14-43(66-24-32-10-30(16-51)18-53-20-32)35(12-37(45)49)22-55-39(6-8-60)47(62)63)4-3-5-42(28)59-29(2)41(57-58-59)27-69-46-15-44(67-25-33-11-31(17-52)19-54-21-33)36(13-38(46)50)23-56-40(7-9-61)48(64)65/h3-5,10-15,18-21,39-40,55-56,60-61H,6-9,22-27H2,1-2H3,(H,62,63)(H,64,65). The fourth-order valence-electron chi connectivity index (χ4n) is 6.93. The van der Waals surface area contributed by atoms with Crippen LogP contribution in [0.25, 0.3) is 5.69 Å². The highest BCUT2D eigenvalue weighted by Crippen LogP contribution is 2.36. The molecular weight excluding hydrogens is 933 g/mol. The minimum atomic E-state index is -1.13. The van der Waals surface area contributed by atoms with E-state index in [1.54, 1.807) is 53.5 Å². The van der Waals surface area contributed by atoms with E-state index in [0.717, 1.165) is 11.1 Å². The number of aliphatic carboxylic acids is 2. The van der Waals surface area contributed by atoms with Gasteiger partial charge in [-0.15, -0.1) is 5.10 Å². The smallest absolute Gasteiger partial charge is 0.320 e. The molecule has 0 radical (unpaired) electrons. The number of benzene rings is 3. The van der Waals surface area contributed by atoms with Crippen LogP contribution >= 0.6 is 23.2 Å². The summed E-state index contributed by atoms with van der Waals surface area (Å²) in [6.45, 7) is 3.29. The number of aliphatic hydroxyl groups is 2. The number of hydrogen-bond donors (Lipinski definition) is 6. The molecule has 0 spiro atoms. The highest BCUT2D eigenvalue weighted by atomic mass is 35.5. The fourth-order valence-corrected chi connectivity index (χ4v) is 7.41. The zero-order valence-corrected chi connectivity index (χ0v) is 38.9. The molecule has 6 aromatic rings. The number of nitrogens with zero attached hydrogens (tertiary/aromatic N) is 7. The third-order valence-corrected chi connectivity index (χ3v) is 11.4. The van der Waals surface area contributed by atoms with E-state index in [1.807, 2.05) is 38.1 Å². The Bertz CT molecular complexity index is 2870. The molecular formula is C48H47Cl2N9O10. The molecule has 2 unspecified atom stereocenters. The van der Waals surface area contributed by atoms with Gasteiger partial charge in [-0.2, -0.15) is 10.5 Å². The summed E-state index contributed by atoms with van der Waals surface area (Å²) in [5.41, 5.74) is 6.53. The predicted octanol–water partition coefficient (Wildman–Crippen LogP) is 5.89. The van der Waals surface area contributed by atoms with Crippen molar-refractivity contribution in [3.63, 3.8) is 0 Å². The number of ether oxygens (including phenoxy) is 4. The first-order valence-corrected chi connectivity index (χ1v) is 22.1. The Balaban J connectivity index is 1.19. The number of carboxylic acid groups (broad SMARTS) is 2. The summed E-state index contributed by atoms with van der Waals surface area (Å²) in [5.74, 6) is -1.03. The number of carboxylic acids is 2. The van der Waals surface area contributed by atoms with Gasteiger partial charge in [-0.3, -0.25) is 19.6 Å². The van der Waals surface area contributed by atoms with Gasteiger partial charge >= 0.3 is 11.9 Å². The normalized spacial score (nSPS) is 11.8. The summed E-state index contributed by atoms with van der Waals surface area (Å²) in [4.78, 5) is 31.7. The number of pyridine rings is 2. The van der Waals surface area contributed by atoms with E-state index in [1.165, 1.54) is 12.4 Å². The van der Waals surface area contributed by atoms with Crippen molar-refractivity contribution in [3.8, 4) is 40.8 Å². The van der Waals surface area contributed by atoms with Crippen LogP contribution in [0.15, 0.2) is 79.4 Å². The number of nitriles is 2. The molecule has 0 bridgehead atoms. The molecule has 0 amide bonds. The molecule has 6 rings (SSSR count). The second-order valence-corrected chi connectivity index (χ2v) is 16.3. The third-order valence-electron chi connectivity index (χ3n) is 10.8. The van der Waals surface area contributed by atoms with Crippen LogP contribution in [-0.2, 0) is 49.1 Å². The molecule has 0 aliphatic rings. The lowest BCUT2D eigenvalue weighted by Gasteiger charge is -2.19. The molecule has 0 fully saturated rings. The summed E-state index contributed by atoms with van der Waals surface area (Å²) in [6, 6.07) is 17.4. The zero-order valence-electron chi connectivity index (χ0n) is 37.4. The van der Waals surface area contributed by atoms with Crippen molar-refractivity contribution in [3.05, 3.63) is 145 Å². The van der Waals surface area contributed by atoms with Gasteiger partial charge in [0, 0.05) is 85.5 Å². The number of aromatic nitrogens is 5. The summed E-state index contributed by atoms with van der Waals surface area (Å²) in [5, 5.41) is 71.8. The van der Waals surface area contributed by atoms with Crippen LogP contribution in [0.3, 0.4) is 0 Å². The predicted molar refractivity (Wildman–Crippen MR) is 249 cm³/mol. The minimum absolute atomic E-state index is 0.0110. The molecule has 3 aromatic heterocycles. The van der Waals surface area contributed by atoms with Crippen molar-refractivity contribution in [2.24, 2.45) is 0 Å². The fraction of sp³-hybridized carbons (Fsp3) is 0.292. The van der Waals surface area contributed by atoms with E-state index >= 15 is 0 Å². The second-order valence-electron chi connectivity index (χ2n) is 15.5. The summed E-state index contributed by atoms with van der Waals surface area (Å²) < 4.78 is 26.4. The molecule has 21 heteroatoms. The Morgan fingerprint density at radius 2 is 1.17 bits per heavy atom. The molecule has 0 saturated carbocycles. The number of rotatable bonds is 25. The summed E-state index contributed by atoms with van der Waals surface area (Å²) in [7, 11) is 0. The van der Waals surface area contributed by atoms with Gasteiger partial charge in [0.25, 0.3) is 0 Å². The highest BCUT2D eigenvalue weighted by Gasteiger charge is 2.22. The molecule has 3 aromatic carbocycles. The topological polar surface area (TPSA) is 280 Å². The molecule has 0 aliphatic carbocycles. The summed E-state index contributed by atoms with van der Waals surface area (Å²) in [6.07, 6.45) is 5.97. The van der Waals surface area contributed by atoms with Crippen molar-refractivity contribution in [1.82, 2.24) is 35.6 Å². The number of halogens is 2. The van der Waals surface area contributed by atoms with E-state index < -0.39 is 24.0 Å². The third kappa shape index (κ3) is 13.6. The van der Waals surface area contributed by atoms with Gasteiger partial charge in [0.1, 0.15) is 79.3 Å². The van der Waals surface area contributed by atoms with Crippen molar-refractivity contribution >= 4 is 35.1 Å². The number of hydrogen-bond acceptors (Lipinski definition) is 16. The lowest BCUT2D eigenvalue weighted by molar-refractivity contribution is -0.140. The van der Waals surface area contributed by atoms with E-state index in [9.17, 15) is 40.5 Å². The molecule has 69 heavy (non-hydrogen) atoms. The van der Waals surface area contributed by atoms with Gasteiger partial charge in [-0.05, 0) is 68.1 Å². The first-order chi connectivity index (χ1) is 33.3. The SMILES string of the molecule is Cc1c(COc2cc(OCc3cncc(C#N)c3)c(CNC(CCO)C(=O)O)cc2Cl)cccc1-n1nnc(COc2cc(OCc3cncc(C#N)c3)c(CNC(CCO)C(=O)O)cc2Cl)c1C. The number of carbonyl (C=O) groups is 2. The van der Waals surface area contributed by atoms with Crippen molar-refractivity contribution < 1.29 is 49.0 Å². The van der Waals surface area contributed by atoms with Crippen LogP contribution in [0.1, 0.15) is 68.7 Å². The van der Waals surface area contributed by atoms with Crippen LogP contribution < -0.4 is 29.6 Å². The molecule has 358 valence electrons. The minimum Gasteiger partial charge on any atom is -0.488 e. The number of nitrogens with one attached hydrogen (secondary N) is 2. The highest BCUT2D eigenvalue weighted by molar-refractivity contribution is 6.32. The second kappa shape index (κ2) is 24.6. The lowest BCUT2D eigenvalue weighted by Crippen LogP contribution is -2.37. The maximum Gasteiger partial charge on any atom is 0.320 e. The van der Waals surface area contributed by atoms with Crippen molar-refractivity contribution in [2.75, 3.05) is 13.2 Å². The van der Waals surface area contributed by atoms with Crippen molar-refractivity contribution in [1.29, 1.82) is 10.5 Å². The van der Waals surface area contributed by atoms with Gasteiger partial charge in [-0.25, -0.2) is 4.68 Å². The quantitative estimate of drug-likeness (QED) is 0.0390. The molecule has 0 saturated heterocycles.